The lowest BCUT2D eigenvalue weighted by Gasteiger charge is -2.22. The summed E-state index contributed by atoms with van der Waals surface area (Å²) in [5.74, 6) is -0.247. The fourth-order valence-electron chi connectivity index (χ4n) is 3.51. The lowest BCUT2D eigenvalue weighted by molar-refractivity contribution is -0.116. The normalized spacial score (nSPS) is 14.0. The van der Waals surface area contributed by atoms with E-state index in [0.717, 1.165) is 29.8 Å². The Balaban J connectivity index is 1.36. The minimum atomic E-state index is -0.151. The predicted molar refractivity (Wildman–Crippen MR) is 123 cm³/mol. The van der Waals surface area contributed by atoms with E-state index in [1.807, 2.05) is 29.6 Å². The molecule has 0 radical (unpaired) electrons. The Kier molecular flexibility index (Phi) is 8.40. The average molecular weight is 444 g/mol. The second-order valence-electron chi connectivity index (χ2n) is 7.68. The highest BCUT2D eigenvalue weighted by molar-refractivity contribution is 7.14. The summed E-state index contributed by atoms with van der Waals surface area (Å²) in [6.07, 6.45) is 6.56. The zero-order valence-electron chi connectivity index (χ0n) is 17.7. The Morgan fingerprint density at radius 2 is 1.81 bits per heavy atom. The minimum absolute atomic E-state index is 0.119. The number of aromatic nitrogens is 1. The summed E-state index contributed by atoms with van der Waals surface area (Å²) in [4.78, 5) is 39.6. The van der Waals surface area contributed by atoms with Gasteiger partial charge in [0.15, 0.2) is 5.13 Å². The molecule has 1 aromatic heterocycles. The first-order valence-electron chi connectivity index (χ1n) is 10.7. The molecule has 2 aromatic rings. The van der Waals surface area contributed by atoms with E-state index >= 15 is 0 Å². The number of urea groups is 1. The molecule has 1 aliphatic carbocycles. The molecule has 1 saturated carbocycles. The van der Waals surface area contributed by atoms with Gasteiger partial charge in [0, 0.05) is 42.6 Å². The zero-order valence-corrected chi connectivity index (χ0v) is 18.5. The molecule has 31 heavy (non-hydrogen) atoms. The number of hydrogen-bond donors (Lipinski definition) is 4. The largest absolute Gasteiger partial charge is 0.338 e. The third-order valence-corrected chi connectivity index (χ3v) is 5.82. The van der Waals surface area contributed by atoms with Crippen LogP contribution in [-0.2, 0) is 9.59 Å². The van der Waals surface area contributed by atoms with Gasteiger partial charge in [-0.3, -0.25) is 9.59 Å². The number of amides is 4. The van der Waals surface area contributed by atoms with Crippen LogP contribution in [0.3, 0.4) is 0 Å². The summed E-state index contributed by atoms with van der Waals surface area (Å²) in [7, 11) is 0. The third kappa shape index (κ3) is 7.67. The maximum Gasteiger partial charge on any atom is 0.315 e. The van der Waals surface area contributed by atoms with Crippen LogP contribution in [0.5, 0.6) is 0 Å². The van der Waals surface area contributed by atoms with Crippen LogP contribution in [0.25, 0.3) is 11.3 Å². The van der Waals surface area contributed by atoms with Crippen molar-refractivity contribution in [2.45, 2.75) is 57.9 Å². The fraction of sp³-hybridized carbons (Fsp3) is 0.455. The molecule has 1 aliphatic rings. The number of carbonyl (C=O) groups excluding carboxylic acids is 3. The number of anilines is 2. The Labute approximate surface area is 186 Å². The smallest absolute Gasteiger partial charge is 0.315 e. The maximum atomic E-state index is 12.2. The molecule has 0 atom stereocenters. The summed E-state index contributed by atoms with van der Waals surface area (Å²) >= 11 is 1.36. The first kappa shape index (κ1) is 22.7. The van der Waals surface area contributed by atoms with E-state index in [1.165, 1.54) is 37.5 Å². The van der Waals surface area contributed by atoms with Crippen LogP contribution in [0, 0.1) is 0 Å². The first-order valence-corrected chi connectivity index (χ1v) is 11.6. The molecule has 0 bridgehead atoms. The van der Waals surface area contributed by atoms with Gasteiger partial charge in [-0.25, -0.2) is 9.78 Å². The van der Waals surface area contributed by atoms with Gasteiger partial charge in [0.2, 0.25) is 11.8 Å². The van der Waals surface area contributed by atoms with Crippen molar-refractivity contribution in [2.24, 2.45) is 0 Å². The highest BCUT2D eigenvalue weighted by Gasteiger charge is 2.15. The van der Waals surface area contributed by atoms with Crippen LogP contribution in [-0.4, -0.2) is 35.4 Å². The molecular weight excluding hydrogens is 414 g/mol. The standard InChI is InChI=1S/C22H29N5O3S/c1-15(28)24-18-11-9-16(10-12-18)19-14-31-22(26-19)27-20(29)8-5-13-23-21(30)25-17-6-3-2-4-7-17/h9-12,14,17H,2-8,13H2,1H3,(H,24,28)(H2,23,25,30)(H,26,27,29). The monoisotopic (exact) mass is 443 g/mol. The SMILES string of the molecule is CC(=O)Nc1ccc(-c2csc(NC(=O)CCCNC(=O)NC3CCCCC3)n2)cc1. The molecule has 1 aromatic carbocycles. The van der Waals surface area contributed by atoms with Crippen LogP contribution < -0.4 is 21.3 Å². The molecule has 166 valence electrons. The van der Waals surface area contributed by atoms with Gasteiger partial charge in [-0.15, -0.1) is 11.3 Å². The van der Waals surface area contributed by atoms with Crippen LogP contribution >= 0.6 is 11.3 Å². The lowest BCUT2D eigenvalue weighted by atomic mass is 9.96. The van der Waals surface area contributed by atoms with E-state index in [4.69, 9.17) is 0 Å². The van der Waals surface area contributed by atoms with E-state index < -0.39 is 0 Å². The van der Waals surface area contributed by atoms with Crippen molar-refractivity contribution >= 4 is 40.0 Å². The molecule has 1 fully saturated rings. The third-order valence-electron chi connectivity index (χ3n) is 5.06. The molecule has 3 rings (SSSR count). The molecular formula is C22H29N5O3S. The van der Waals surface area contributed by atoms with Crippen molar-refractivity contribution < 1.29 is 14.4 Å². The average Bonchev–Trinajstić information content (AvgIpc) is 3.20. The van der Waals surface area contributed by atoms with Crippen molar-refractivity contribution in [3.63, 3.8) is 0 Å². The van der Waals surface area contributed by atoms with Crippen molar-refractivity contribution in [1.29, 1.82) is 0 Å². The van der Waals surface area contributed by atoms with Crippen LogP contribution in [0.1, 0.15) is 51.9 Å². The summed E-state index contributed by atoms with van der Waals surface area (Å²) < 4.78 is 0. The summed E-state index contributed by atoms with van der Waals surface area (Å²) in [5.41, 5.74) is 2.38. The molecule has 1 heterocycles. The molecule has 4 N–H and O–H groups in total. The zero-order chi connectivity index (χ0) is 22.1. The van der Waals surface area contributed by atoms with E-state index in [-0.39, 0.29) is 23.9 Å². The number of hydrogen-bond acceptors (Lipinski definition) is 5. The van der Waals surface area contributed by atoms with Crippen molar-refractivity contribution in [3.8, 4) is 11.3 Å². The summed E-state index contributed by atoms with van der Waals surface area (Å²) in [6, 6.07) is 7.49. The topological polar surface area (TPSA) is 112 Å². The lowest BCUT2D eigenvalue weighted by Crippen LogP contribution is -2.43. The second-order valence-corrected chi connectivity index (χ2v) is 8.54. The number of carbonyl (C=O) groups is 3. The Hall–Kier alpha value is -2.94. The van der Waals surface area contributed by atoms with Crippen molar-refractivity contribution in [1.82, 2.24) is 15.6 Å². The second kappa shape index (κ2) is 11.5. The molecule has 9 heteroatoms. The quantitative estimate of drug-likeness (QED) is 0.460. The number of thiazole rings is 1. The predicted octanol–water partition coefficient (Wildman–Crippen LogP) is 4.12. The van der Waals surface area contributed by atoms with Gasteiger partial charge in [0.05, 0.1) is 5.69 Å². The number of rotatable bonds is 8. The molecule has 8 nitrogen and oxygen atoms in total. The Morgan fingerprint density at radius 1 is 1.06 bits per heavy atom. The van der Waals surface area contributed by atoms with Crippen molar-refractivity contribution in [2.75, 3.05) is 17.2 Å². The van der Waals surface area contributed by atoms with E-state index in [9.17, 15) is 14.4 Å². The van der Waals surface area contributed by atoms with E-state index in [1.54, 1.807) is 0 Å². The van der Waals surface area contributed by atoms with Gasteiger partial charge in [-0.1, -0.05) is 31.4 Å². The van der Waals surface area contributed by atoms with Gasteiger partial charge in [-0.05, 0) is 31.4 Å². The van der Waals surface area contributed by atoms with Gasteiger partial charge < -0.3 is 21.3 Å². The highest BCUT2D eigenvalue weighted by Crippen LogP contribution is 2.26. The van der Waals surface area contributed by atoms with E-state index in [2.05, 4.69) is 26.3 Å². The van der Waals surface area contributed by atoms with Gasteiger partial charge in [-0.2, -0.15) is 0 Å². The van der Waals surface area contributed by atoms with E-state index in [0.29, 0.717) is 24.5 Å². The van der Waals surface area contributed by atoms with Crippen molar-refractivity contribution in [3.05, 3.63) is 29.6 Å². The number of benzene rings is 1. The highest BCUT2D eigenvalue weighted by atomic mass is 32.1. The van der Waals surface area contributed by atoms with Gasteiger partial charge in [0.1, 0.15) is 0 Å². The van der Waals surface area contributed by atoms with Crippen LogP contribution in [0.15, 0.2) is 29.6 Å². The Bertz CT molecular complexity index is 891. The minimum Gasteiger partial charge on any atom is -0.338 e. The summed E-state index contributed by atoms with van der Waals surface area (Å²) in [6.45, 7) is 1.92. The van der Waals surface area contributed by atoms with Gasteiger partial charge >= 0.3 is 6.03 Å². The number of nitrogens with one attached hydrogen (secondary N) is 4. The van der Waals surface area contributed by atoms with Gasteiger partial charge in [0.25, 0.3) is 0 Å². The molecule has 0 saturated heterocycles. The fourth-order valence-corrected chi connectivity index (χ4v) is 4.24. The molecule has 0 spiro atoms. The van der Waals surface area contributed by atoms with Crippen LogP contribution in [0.4, 0.5) is 15.6 Å². The molecule has 0 aliphatic heterocycles. The van der Waals surface area contributed by atoms with Crippen LogP contribution in [0.2, 0.25) is 0 Å². The Morgan fingerprint density at radius 3 is 2.52 bits per heavy atom. The molecule has 0 unspecified atom stereocenters. The molecule has 4 amide bonds. The number of nitrogens with zero attached hydrogens (tertiary/aromatic N) is 1. The maximum absolute atomic E-state index is 12.2. The first-order chi connectivity index (χ1) is 15.0. The summed E-state index contributed by atoms with van der Waals surface area (Å²) in [5, 5.41) is 13.8.